The van der Waals surface area contributed by atoms with Gasteiger partial charge in [0.25, 0.3) is 0 Å². The van der Waals surface area contributed by atoms with Gasteiger partial charge in [0.15, 0.2) is 0 Å². The smallest absolute Gasteiger partial charge is 0.327 e. The second kappa shape index (κ2) is 4.67. The topological polar surface area (TPSA) is 58.4 Å². The van der Waals surface area contributed by atoms with E-state index in [1.54, 1.807) is 6.07 Å². The largest absolute Gasteiger partial charge is 0.361 e. The third-order valence-corrected chi connectivity index (χ3v) is 3.00. The van der Waals surface area contributed by atoms with Gasteiger partial charge in [-0.3, -0.25) is 10.1 Å². The second-order valence-electron chi connectivity index (χ2n) is 3.96. The van der Waals surface area contributed by atoms with E-state index in [1.807, 2.05) is 11.8 Å². The van der Waals surface area contributed by atoms with Crippen molar-refractivity contribution in [2.24, 2.45) is 0 Å². The Bertz CT molecular complexity index is 435. The van der Waals surface area contributed by atoms with Gasteiger partial charge in [0.2, 0.25) is 5.82 Å². The Morgan fingerprint density at radius 3 is 2.76 bits per heavy atom. The lowest BCUT2D eigenvalue weighted by Crippen LogP contribution is -2.57. The van der Waals surface area contributed by atoms with Gasteiger partial charge in [-0.05, 0) is 19.1 Å². The van der Waals surface area contributed by atoms with Crippen molar-refractivity contribution >= 4 is 11.4 Å². The lowest BCUT2D eigenvalue weighted by Gasteiger charge is -2.38. The molecule has 1 fully saturated rings. The Balaban J connectivity index is 2.41. The maximum atomic E-state index is 13.5. The van der Waals surface area contributed by atoms with Crippen molar-refractivity contribution in [3.05, 3.63) is 34.1 Å². The molecular weight excluding hydrogens is 225 g/mol. The van der Waals surface area contributed by atoms with Gasteiger partial charge in [0.1, 0.15) is 5.69 Å². The molecular formula is C11H14FN3O2. The third-order valence-electron chi connectivity index (χ3n) is 3.00. The molecule has 6 heteroatoms. The summed E-state index contributed by atoms with van der Waals surface area (Å²) in [6, 6.07) is 4.43. The highest BCUT2D eigenvalue weighted by atomic mass is 19.1. The van der Waals surface area contributed by atoms with Crippen molar-refractivity contribution in [2.75, 3.05) is 24.5 Å². The van der Waals surface area contributed by atoms with E-state index < -0.39 is 16.4 Å². The normalized spacial score (nSPS) is 15.4. The number of nitrogens with zero attached hydrogens (tertiary/aromatic N) is 2. The number of benzene rings is 1. The van der Waals surface area contributed by atoms with Crippen LogP contribution in [0.2, 0.25) is 0 Å². The molecule has 1 N–H and O–H groups in total. The van der Waals surface area contributed by atoms with Crippen LogP contribution in [-0.4, -0.2) is 30.6 Å². The zero-order chi connectivity index (χ0) is 12.4. The quantitative estimate of drug-likeness (QED) is 0.639. The fourth-order valence-electron chi connectivity index (χ4n) is 2.04. The van der Waals surface area contributed by atoms with E-state index in [1.165, 1.54) is 6.07 Å². The van der Waals surface area contributed by atoms with Gasteiger partial charge in [0, 0.05) is 19.6 Å². The Kier molecular flexibility index (Phi) is 3.23. The Morgan fingerprint density at radius 2 is 2.29 bits per heavy atom. The van der Waals surface area contributed by atoms with Crippen LogP contribution < -0.4 is 10.2 Å². The van der Waals surface area contributed by atoms with Gasteiger partial charge in [0.05, 0.1) is 11.0 Å². The van der Waals surface area contributed by atoms with Crippen molar-refractivity contribution in [3.8, 4) is 0 Å². The average Bonchev–Trinajstić information content (AvgIpc) is 2.22. The zero-order valence-electron chi connectivity index (χ0n) is 9.52. The Labute approximate surface area is 98.4 Å². The monoisotopic (exact) mass is 239 g/mol. The van der Waals surface area contributed by atoms with E-state index in [2.05, 4.69) is 5.32 Å². The van der Waals surface area contributed by atoms with Crippen LogP contribution in [0.4, 0.5) is 15.8 Å². The number of nitro benzene ring substituents is 1. The molecule has 1 aromatic carbocycles. The molecule has 0 amide bonds. The summed E-state index contributed by atoms with van der Waals surface area (Å²) in [5.74, 6) is -0.779. The molecule has 17 heavy (non-hydrogen) atoms. The maximum absolute atomic E-state index is 13.5. The molecule has 0 bridgehead atoms. The van der Waals surface area contributed by atoms with Crippen LogP contribution in [-0.2, 0) is 0 Å². The van der Waals surface area contributed by atoms with Crippen LogP contribution >= 0.6 is 0 Å². The first-order chi connectivity index (χ1) is 8.15. The molecule has 5 nitrogen and oxygen atoms in total. The molecule has 1 heterocycles. The molecule has 1 aromatic rings. The SMILES string of the molecule is CCN(c1cccc(F)c1[N+](=O)[O-])C1CNC1. The van der Waals surface area contributed by atoms with Crippen molar-refractivity contribution in [2.45, 2.75) is 13.0 Å². The number of para-hydroxylation sites is 1. The van der Waals surface area contributed by atoms with E-state index >= 15 is 0 Å². The van der Waals surface area contributed by atoms with Gasteiger partial charge < -0.3 is 10.2 Å². The first-order valence-electron chi connectivity index (χ1n) is 5.55. The van der Waals surface area contributed by atoms with Crippen molar-refractivity contribution in [1.82, 2.24) is 5.32 Å². The van der Waals surface area contributed by atoms with Crippen molar-refractivity contribution < 1.29 is 9.31 Å². The molecule has 1 saturated heterocycles. The lowest BCUT2D eigenvalue weighted by atomic mass is 10.1. The minimum absolute atomic E-state index is 0.209. The summed E-state index contributed by atoms with van der Waals surface area (Å²) in [7, 11) is 0. The number of hydrogen-bond acceptors (Lipinski definition) is 4. The Hall–Kier alpha value is -1.69. The molecule has 0 aliphatic carbocycles. The van der Waals surface area contributed by atoms with Gasteiger partial charge in [-0.1, -0.05) is 6.07 Å². The third kappa shape index (κ3) is 2.08. The molecule has 0 unspecified atom stereocenters. The summed E-state index contributed by atoms with van der Waals surface area (Å²) in [5.41, 5.74) is -0.0646. The second-order valence-corrected chi connectivity index (χ2v) is 3.96. The van der Waals surface area contributed by atoms with E-state index in [0.717, 1.165) is 19.2 Å². The lowest BCUT2D eigenvalue weighted by molar-refractivity contribution is -0.386. The predicted octanol–water partition coefficient (Wildman–Crippen LogP) is 1.53. The number of anilines is 1. The predicted molar refractivity (Wildman–Crippen MR) is 62.7 cm³/mol. The summed E-state index contributed by atoms with van der Waals surface area (Å²) < 4.78 is 13.5. The summed E-state index contributed by atoms with van der Waals surface area (Å²) in [4.78, 5) is 12.1. The van der Waals surface area contributed by atoms with Gasteiger partial charge in [-0.2, -0.15) is 4.39 Å². The molecule has 0 aromatic heterocycles. The van der Waals surface area contributed by atoms with E-state index in [4.69, 9.17) is 0 Å². The molecule has 0 saturated carbocycles. The van der Waals surface area contributed by atoms with Gasteiger partial charge in [-0.25, -0.2) is 0 Å². The maximum Gasteiger partial charge on any atom is 0.327 e. The first-order valence-corrected chi connectivity index (χ1v) is 5.55. The number of hydrogen-bond donors (Lipinski definition) is 1. The molecule has 1 aliphatic rings. The van der Waals surface area contributed by atoms with E-state index in [0.29, 0.717) is 12.2 Å². The van der Waals surface area contributed by atoms with E-state index in [-0.39, 0.29) is 6.04 Å². The standard InChI is InChI=1S/C11H14FN3O2/c1-2-14(8-6-13-7-8)10-5-3-4-9(12)11(10)15(16)17/h3-5,8,13H,2,6-7H2,1H3. The van der Waals surface area contributed by atoms with Crippen LogP contribution in [0.5, 0.6) is 0 Å². The minimum Gasteiger partial charge on any atom is -0.361 e. The number of rotatable bonds is 4. The van der Waals surface area contributed by atoms with Crippen molar-refractivity contribution in [1.29, 1.82) is 0 Å². The fraction of sp³-hybridized carbons (Fsp3) is 0.455. The summed E-state index contributed by atoms with van der Waals surface area (Å²) >= 11 is 0. The first kappa shape index (κ1) is 11.8. The molecule has 92 valence electrons. The summed E-state index contributed by atoms with van der Waals surface area (Å²) in [6.45, 7) is 4.09. The molecule has 0 spiro atoms. The van der Waals surface area contributed by atoms with Crippen LogP contribution in [0.15, 0.2) is 18.2 Å². The van der Waals surface area contributed by atoms with Gasteiger partial charge in [-0.15, -0.1) is 0 Å². The highest BCUT2D eigenvalue weighted by Gasteiger charge is 2.30. The molecule has 0 radical (unpaired) electrons. The van der Waals surface area contributed by atoms with Crippen molar-refractivity contribution in [3.63, 3.8) is 0 Å². The average molecular weight is 239 g/mol. The summed E-state index contributed by atoms with van der Waals surface area (Å²) in [5, 5.41) is 14.0. The molecule has 1 aliphatic heterocycles. The number of nitrogens with one attached hydrogen (secondary N) is 1. The number of halogens is 1. The zero-order valence-corrected chi connectivity index (χ0v) is 9.52. The van der Waals surface area contributed by atoms with E-state index in [9.17, 15) is 14.5 Å². The van der Waals surface area contributed by atoms with Crippen LogP contribution in [0.25, 0.3) is 0 Å². The van der Waals surface area contributed by atoms with Gasteiger partial charge >= 0.3 is 5.69 Å². The number of likely N-dealkylation sites (N-methyl/N-ethyl adjacent to an activating group) is 1. The molecule has 0 atom stereocenters. The minimum atomic E-state index is -0.779. The Morgan fingerprint density at radius 1 is 1.59 bits per heavy atom. The van der Waals surface area contributed by atoms with Crippen LogP contribution in [0, 0.1) is 15.9 Å². The fourth-order valence-corrected chi connectivity index (χ4v) is 2.04. The number of nitro groups is 1. The highest BCUT2D eigenvalue weighted by Crippen LogP contribution is 2.32. The van der Waals surface area contributed by atoms with Crippen LogP contribution in [0.3, 0.4) is 0 Å². The summed E-state index contributed by atoms with van der Waals surface area (Å²) in [6.07, 6.45) is 0. The molecule has 2 rings (SSSR count). The van der Waals surface area contributed by atoms with Crippen LogP contribution in [0.1, 0.15) is 6.92 Å². The highest BCUT2D eigenvalue weighted by molar-refractivity contribution is 5.64.